The summed E-state index contributed by atoms with van der Waals surface area (Å²) in [5, 5.41) is 8.48. The molecule has 0 saturated heterocycles. The van der Waals surface area contributed by atoms with Crippen LogP contribution in [0.5, 0.6) is 0 Å². The second-order valence-electron chi connectivity index (χ2n) is 11.1. The fourth-order valence-corrected chi connectivity index (χ4v) is 5.96. The predicted molar refractivity (Wildman–Crippen MR) is 193 cm³/mol. The van der Waals surface area contributed by atoms with Crippen LogP contribution in [-0.2, 0) is 9.59 Å². The highest BCUT2D eigenvalue weighted by Gasteiger charge is 2.20. The summed E-state index contributed by atoms with van der Waals surface area (Å²) in [6.07, 6.45) is 2.29. The highest BCUT2D eigenvalue weighted by atomic mass is 32.2. The highest BCUT2D eigenvalue weighted by Crippen LogP contribution is 2.29. The van der Waals surface area contributed by atoms with Crippen molar-refractivity contribution in [3.05, 3.63) is 155 Å². The van der Waals surface area contributed by atoms with Crippen molar-refractivity contribution in [2.45, 2.75) is 37.3 Å². The van der Waals surface area contributed by atoms with E-state index in [0.29, 0.717) is 17.7 Å². The van der Waals surface area contributed by atoms with Gasteiger partial charge in [0.15, 0.2) is 0 Å². The first-order valence-electron chi connectivity index (χ1n) is 15.5. The average Bonchev–Trinajstić information content (AvgIpc) is 3.10. The Morgan fingerprint density at radius 2 is 1.38 bits per heavy atom. The van der Waals surface area contributed by atoms with Gasteiger partial charge in [-0.1, -0.05) is 97.9 Å². The summed E-state index contributed by atoms with van der Waals surface area (Å²) >= 11 is 1.44. The normalized spacial score (nSPS) is 11.8. The van der Waals surface area contributed by atoms with Gasteiger partial charge in [-0.2, -0.15) is 0 Å². The molecule has 0 aliphatic rings. The first kappa shape index (κ1) is 33.0. The zero-order chi connectivity index (χ0) is 33.2. The molecule has 3 N–H and O–H groups in total. The first-order chi connectivity index (χ1) is 22.8. The number of rotatable bonds is 11. The van der Waals surface area contributed by atoms with Crippen molar-refractivity contribution in [3.63, 3.8) is 0 Å². The van der Waals surface area contributed by atoms with Crippen LogP contribution in [0.25, 0.3) is 17.2 Å². The van der Waals surface area contributed by atoms with Crippen LogP contribution < -0.4 is 16.0 Å². The molecule has 6 nitrogen and oxygen atoms in total. The van der Waals surface area contributed by atoms with Crippen LogP contribution in [0, 0.1) is 13.8 Å². The first-order valence-corrected chi connectivity index (χ1v) is 16.4. The van der Waals surface area contributed by atoms with Gasteiger partial charge in [0.05, 0.1) is 5.25 Å². The molecule has 0 fully saturated rings. The number of hydrogen-bond acceptors (Lipinski definition) is 4. The molecule has 5 aromatic carbocycles. The molecule has 236 valence electrons. The summed E-state index contributed by atoms with van der Waals surface area (Å²) < 4.78 is 0. The molecule has 1 atom stereocenters. The maximum absolute atomic E-state index is 13.7. The van der Waals surface area contributed by atoms with Gasteiger partial charge in [0, 0.05) is 21.8 Å². The third-order valence-corrected chi connectivity index (χ3v) is 9.11. The molecular formula is C40H37N3O3S. The van der Waals surface area contributed by atoms with Crippen LogP contribution in [0.3, 0.4) is 0 Å². The molecule has 47 heavy (non-hydrogen) atoms. The Bertz CT molecular complexity index is 1890. The average molecular weight is 640 g/mol. The minimum Gasteiger partial charge on any atom is -0.325 e. The summed E-state index contributed by atoms with van der Waals surface area (Å²) in [7, 11) is 0. The van der Waals surface area contributed by atoms with E-state index in [4.69, 9.17) is 0 Å². The quantitative estimate of drug-likeness (QED) is 0.0995. The van der Waals surface area contributed by atoms with Gasteiger partial charge in [0.25, 0.3) is 11.8 Å². The Labute approximate surface area is 280 Å². The molecule has 5 rings (SSSR count). The van der Waals surface area contributed by atoms with Gasteiger partial charge < -0.3 is 16.0 Å². The molecule has 0 radical (unpaired) electrons. The smallest absolute Gasteiger partial charge is 0.272 e. The molecule has 0 aromatic heterocycles. The second kappa shape index (κ2) is 15.7. The molecule has 5 aromatic rings. The lowest BCUT2D eigenvalue weighted by molar-refractivity contribution is -0.116. The molecule has 0 bridgehead atoms. The lowest BCUT2D eigenvalue weighted by Crippen LogP contribution is -2.30. The molecule has 0 saturated carbocycles. The fourth-order valence-electron chi connectivity index (χ4n) is 4.94. The third-order valence-electron chi connectivity index (χ3n) is 7.75. The molecular weight excluding hydrogens is 603 g/mol. The molecule has 7 heteroatoms. The van der Waals surface area contributed by atoms with Gasteiger partial charge in [-0.3, -0.25) is 14.4 Å². The van der Waals surface area contributed by atoms with Crippen molar-refractivity contribution < 1.29 is 14.4 Å². The molecule has 1 unspecified atom stereocenters. The molecule has 3 amide bonds. The summed E-state index contributed by atoms with van der Waals surface area (Å²) in [5.41, 5.74) is 6.94. The van der Waals surface area contributed by atoms with Crippen LogP contribution in [0.1, 0.15) is 40.4 Å². The number of nitrogens with one attached hydrogen (secondary N) is 3. The Hall–Kier alpha value is -5.40. The summed E-state index contributed by atoms with van der Waals surface area (Å²) in [6.45, 7) is 5.99. The lowest BCUT2D eigenvalue weighted by Gasteiger charge is -2.17. The van der Waals surface area contributed by atoms with Crippen LogP contribution in [0.4, 0.5) is 11.4 Å². The van der Waals surface area contributed by atoms with Crippen LogP contribution >= 0.6 is 11.8 Å². The minimum atomic E-state index is -0.469. The van der Waals surface area contributed by atoms with Crippen LogP contribution in [0.15, 0.2) is 138 Å². The van der Waals surface area contributed by atoms with E-state index in [9.17, 15) is 14.4 Å². The Kier molecular flexibility index (Phi) is 11.0. The van der Waals surface area contributed by atoms with Gasteiger partial charge in [-0.15, -0.1) is 11.8 Å². The highest BCUT2D eigenvalue weighted by molar-refractivity contribution is 8.00. The number of amides is 3. The molecule has 0 heterocycles. The van der Waals surface area contributed by atoms with Gasteiger partial charge in [-0.05, 0) is 90.6 Å². The molecule has 0 aliphatic carbocycles. The standard InChI is InChI=1S/C40H37N3O3S/c1-4-37(40(46)42-35-20-11-13-27(2)28(35)3)47-34-19-12-18-33(26-34)41-39(45)36(43-38(44)32-16-9-6-10-17-32)25-29-21-23-31(24-22-29)30-14-7-5-8-15-30/h5-26,37H,4H2,1-3H3,(H,41,45)(H,42,46)(H,43,44)/b36-25+. The maximum atomic E-state index is 13.7. The van der Waals surface area contributed by atoms with Crippen LogP contribution in [-0.4, -0.2) is 23.0 Å². The number of benzene rings is 5. The Balaban J connectivity index is 1.33. The third kappa shape index (κ3) is 8.87. The molecule has 0 spiro atoms. The number of anilines is 2. The lowest BCUT2D eigenvalue weighted by atomic mass is 10.0. The fraction of sp³-hybridized carbons (Fsp3) is 0.125. The van der Waals surface area contributed by atoms with Crippen molar-refractivity contribution in [1.82, 2.24) is 5.32 Å². The number of carbonyl (C=O) groups excluding carboxylic acids is 3. The maximum Gasteiger partial charge on any atom is 0.272 e. The van der Waals surface area contributed by atoms with Crippen molar-refractivity contribution in [1.29, 1.82) is 0 Å². The van der Waals surface area contributed by atoms with Crippen molar-refractivity contribution in [2.24, 2.45) is 0 Å². The topological polar surface area (TPSA) is 87.3 Å². The summed E-state index contributed by atoms with van der Waals surface area (Å²) in [5.74, 6) is -0.936. The van der Waals surface area contributed by atoms with Gasteiger partial charge in [-0.25, -0.2) is 0 Å². The van der Waals surface area contributed by atoms with Gasteiger partial charge in [0.2, 0.25) is 5.91 Å². The van der Waals surface area contributed by atoms with E-state index >= 15 is 0 Å². The van der Waals surface area contributed by atoms with E-state index in [1.807, 2.05) is 118 Å². The Morgan fingerprint density at radius 1 is 0.723 bits per heavy atom. The summed E-state index contributed by atoms with van der Waals surface area (Å²) in [6, 6.07) is 39.8. The zero-order valence-electron chi connectivity index (χ0n) is 26.6. The van der Waals surface area contributed by atoms with Crippen LogP contribution in [0.2, 0.25) is 0 Å². The zero-order valence-corrected chi connectivity index (χ0v) is 27.4. The number of aryl methyl sites for hydroxylation is 1. The SMILES string of the molecule is CCC(Sc1cccc(NC(=O)/C(=C\c2ccc(-c3ccccc3)cc2)NC(=O)c2ccccc2)c1)C(=O)Nc1cccc(C)c1C. The predicted octanol–water partition coefficient (Wildman–Crippen LogP) is 8.89. The number of thioether (sulfide) groups is 1. The van der Waals surface area contributed by atoms with Gasteiger partial charge in [0.1, 0.15) is 5.70 Å². The van der Waals surface area contributed by atoms with E-state index in [1.54, 1.807) is 36.4 Å². The second-order valence-corrected chi connectivity index (χ2v) is 12.4. The van der Waals surface area contributed by atoms with E-state index in [-0.39, 0.29) is 16.9 Å². The molecule has 0 aliphatic heterocycles. The van der Waals surface area contributed by atoms with Crippen molar-refractivity contribution in [3.8, 4) is 11.1 Å². The van der Waals surface area contributed by atoms with Crippen molar-refractivity contribution in [2.75, 3.05) is 10.6 Å². The van der Waals surface area contributed by atoms with Gasteiger partial charge >= 0.3 is 0 Å². The number of hydrogen-bond donors (Lipinski definition) is 3. The summed E-state index contributed by atoms with van der Waals surface area (Å²) in [4.78, 5) is 40.8. The number of carbonyl (C=O) groups is 3. The van der Waals surface area contributed by atoms with E-state index in [0.717, 1.165) is 38.4 Å². The minimum absolute atomic E-state index is 0.0761. The Morgan fingerprint density at radius 3 is 2.09 bits per heavy atom. The van der Waals surface area contributed by atoms with E-state index in [1.165, 1.54) is 11.8 Å². The monoisotopic (exact) mass is 639 g/mol. The van der Waals surface area contributed by atoms with Crippen molar-refractivity contribution >= 4 is 46.9 Å². The van der Waals surface area contributed by atoms with E-state index in [2.05, 4.69) is 16.0 Å². The largest absolute Gasteiger partial charge is 0.325 e. The van der Waals surface area contributed by atoms with E-state index < -0.39 is 11.8 Å².